The van der Waals surface area contributed by atoms with E-state index in [0.29, 0.717) is 12.5 Å². The Kier molecular flexibility index (Phi) is 6.28. The number of likely N-dealkylation sites (tertiary alicyclic amines) is 2. The first kappa shape index (κ1) is 20.8. The van der Waals surface area contributed by atoms with Crippen molar-refractivity contribution in [1.29, 1.82) is 0 Å². The van der Waals surface area contributed by atoms with E-state index in [-0.39, 0.29) is 17.4 Å². The Bertz CT molecular complexity index is 721. The Morgan fingerprint density at radius 2 is 1.93 bits per heavy atom. The van der Waals surface area contributed by atoms with Crippen LogP contribution in [0.5, 0.6) is 0 Å². The molecule has 1 aromatic rings. The highest BCUT2D eigenvalue weighted by Gasteiger charge is 2.43. The fourth-order valence-corrected chi connectivity index (χ4v) is 5.58. The smallest absolute Gasteiger partial charge is 0.227 e. The van der Waals surface area contributed by atoms with E-state index in [2.05, 4.69) is 36.9 Å². The van der Waals surface area contributed by atoms with Gasteiger partial charge in [-0.05, 0) is 62.5 Å². The molecule has 0 aliphatic carbocycles. The van der Waals surface area contributed by atoms with Gasteiger partial charge in [-0.3, -0.25) is 9.69 Å². The third-order valence-electron chi connectivity index (χ3n) is 7.38. The van der Waals surface area contributed by atoms with Gasteiger partial charge >= 0.3 is 0 Å². The van der Waals surface area contributed by atoms with Crippen molar-refractivity contribution in [2.75, 3.05) is 39.4 Å². The number of amides is 1. The van der Waals surface area contributed by atoms with E-state index < -0.39 is 0 Å². The number of ether oxygens (including phenoxy) is 1. The Labute approximate surface area is 175 Å². The Balaban J connectivity index is 1.36. The molecule has 1 amide bonds. The second-order valence-corrected chi connectivity index (χ2v) is 9.62. The molecule has 0 saturated carbocycles. The van der Waals surface area contributed by atoms with Crippen LogP contribution in [-0.2, 0) is 16.0 Å². The lowest BCUT2D eigenvalue weighted by Gasteiger charge is -2.51. The molecule has 3 heterocycles. The Morgan fingerprint density at radius 1 is 1.21 bits per heavy atom. The monoisotopic (exact) mass is 400 g/mol. The normalized spacial score (nSPS) is 26.0. The van der Waals surface area contributed by atoms with Gasteiger partial charge < -0.3 is 14.7 Å². The van der Waals surface area contributed by atoms with Crippen LogP contribution < -0.4 is 0 Å². The summed E-state index contributed by atoms with van der Waals surface area (Å²) < 4.78 is 5.53. The number of aliphatic hydroxyl groups is 1. The number of aliphatic hydroxyl groups excluding tert-OH is 1. The summed E-state index contributed by atoms with van der Waals surface area (Å²) in [6, 6.07) is 6.89. The summed E-state index contributed by atoms with van der Waals surface area (Å²) in [6.07, 6.45) is 5.28. The predicted molar refractivity (Wildman–Crippen MR) is 114 cm³/mol. The summed E-state index contributed by atoms with van der Waals surface area (Å²) in [5, 5.41) is 10.6. The number of aryl methyl sites for hydroxylation is 2. The summed E-state index contributed by atoms with van der Waals surface area (Å²) in [5.41, 5.74) is 3.71. The molecule has 3 aliphatic rings. The van der Waals surface area contributed by atoms with Crippen molar-refractivity contribution in [1.82, 2.24) is 9.80 Å². The lowest BCUT2D eigenvalue weighted by atomic mass is 9.71. The van der Waals surface area contributed by atoms with Gasteiger partial charge in [0.2, 0.25) is 5.91 Å². The van der Waals surface area contributed by atoms with Gasteiger partial charge in [-0.2, -0.15) is 0 Å². The second kappa shape index (κ2) is 8.75. The van der Waals surface area contributed by atoms with Gasteiger partial charge in [0.05, 0.1) is 12.5 Å². The summed E-state index contributed by atoms with van der Waals surface area (Å²) in [7, 11) is 0. The first-order valence-corrected chi connectivity index (χ1v) is 11.3. The van der Waals surface area contributed by atoms with E-state index in [0.717, 1.165) is 77.1 Å². The Morgan fingerprint density at radius 3 is 2.66 bits per heavy atom. The van der Waals surface area contributed by atoms with E-state index in [1.807, 2.05) is 4.90 Å². The zero-order valence-corrected chi connectivity index (χ0v) is 18.0. The minimum absolute atomic E-state index is 0.159. The minimum Gasteiger partial charge on any atom is -0.392 e. The zero-order valence-electron chi connectivity index (χ0n) is 18.0. The molecule has 1 aromatic carbocycles. The standard InChI is InChI=1S/C24H36N2O3/c1-18-3-4-19(2)20(13-18)14-23(28)25-9-7-24(8-10-25)15-22(27)16-26(17-24)21-5-11-29-12-6-21/h3-4,13,21-22,27H,5-12,14-17H2,1-2H3. The molecule has 3 saturated heterocycles. The predicted octanol–water partition coefficient (Wildman–Crippen LogP) is 2.70. The average Bonchev–Trinajstić information content (AvgIpc) is 2.71. The van der Waals surface area contributed by atoms with E-state index >= 15 is 0 Å². The quantitative estimate of drug-likeness (QED) is 0.848. The van der Waals surface area contributed by atoms with Gasteiger partial charge in [0.15, 0.2) is 0 Å². The number of nitrogens with zero attached hydrogens (tertiary/aromatic N) is 2. The highest BCUT2D eigenvalue weighted by molar-refractivity contribution is 5.79. The maximum absolute atomic E-state index is 12.9. The maximum Gasteiger partial charge on any atom is 0.227 e. The molecule has 4 rings (SSSR count). The first-order valence-electron chi connectivity index (χ1n) is 11.3. The molecule has 1 N–H and O–H groups in total. The number of piperidine rings is 2. The van der Waals surface area contributed by atoms with Crippen molar-refractivity contribution in [3.63, 3.8) is 0 Å². The zero-order chi connectivity index (χ0) is 20.4. The fourth-order valence-electron chi connectivity index (χ4n) is 5.58. The molecule has 160 valence electrons. The molecular weight excluding hydrogens is 364 g/mol. The summed E-state index contributed by atoms with van der Waals surface area (Å²) >= 11 is 0. The SMILES string of the molecule is Cc1ccc(C)c(CC(=O)N2CCC3(CC2)CC(O)CN(C2CCOCC2)C3)c1. The highest BCUT2D eigenvalue weighted by Crippen LogP contribution is 2.41. The molecule has 0 radical (unpaired) electrons. The second-order valence-electron chi connectivity index (χ2n) is 9.62. The minimum atomic E-state index is -0.246. The van der Waals surface area contributed by atoms with Crippen LogP contribution >= 0.6 is 0 Å². The van der Waals surface area contributed by atoms with Crippen LogP contribution in [0.3, 0.4) is 0 Å². The lowest BCUT2D eigenvalue weighted by Crippen LogP contribution is -2.57. The molecule has 1 atom stereocenters. The summed E-state index contributed by atoms with van der Waals surface area (Å²) in [4.78, 5) is 17.5. The van der Waals surface area contributed by atoms with Gasteiger partial charge in [0, 0.05) is 45.4 Å². The third kappa shape index (κ3) is 4.84. The number of carbonyl (C=O) groups excluding carboxylic acids is 1. The molecule has 0 bridgehead atoms. The summed E-state index contributed by atoms with van der Waals surface area (Å²) in [5.74, 6) is 0.242. The third-order valence-corrected chi connectivity index (χ3v) is 7.38. The molecule has 5 heteroatoms. The average molecular weight is 401 g/mol. The van der Waals surface area contributed by atoms with Crippen molar-refractivity contribution in [3.05, 3.63) is 34.9 Å². The van der Waals surface area contributed by atoms with Gasteiger partial charge in [-0.15, -0.1) is 0 Å². The number of hydrogen-bond donors (Lipinski definition) is 1. The van der Waals surface area contributed by atoms with E-state index in [1.165, 1.54) is 11.1 Å². The van der Waals surface area contributed by atoms with Crippen LogP contribution in [0.2, 0.25) is 0 Å². The molecule has 1 unspecified atom stereocenters. The van der Waals surface area contributed by atoms with Gasteiger partial charge in [-0.25, -0.2) is 0 Å². The molecule has 5 nitrogen and oxygen atoms in total. The van der Waals surface area contributed by atoms with Crippen LogP contribution in [0.4, 0.5) is 0 Å². The number of hydrogen-bond acceptors (Lipinski definition) is 4. The van der Waals surface area contributed by atoms with Crippen molar-refractivity contribution in [2.45, 2.75) is 64.5 Å². The summed E-state index contributed by atoms with van der Waals surface area (Å²) in [6.45, 7) is 9.33. The molecule has 1 spiro atoms. The first-order chi connectivity index (χ1) is 13.9. The van der Waals surface area contributed by atoms with Crippen LogP contribution in [0.1, 0.15) is 48.8 Å². The highest BCUT2D eigenvalue weighted by atomic mass is 16.5. The lowest BCUT2D eigenvalue weighted by molar-refractivity contribution is -0.135. The van der Waals surface area contributed by atoms with E-state index in [9.17, 15) is 9.90 Å². The number of β-amino-alcohol motifs (C(OH)–C–C–N with tert-alkyl or cyclic N) is 1. The van der Waals surface area contributed by atoms with Crippen molar-refractivity contribution in [3.8, 4) is 0 Å². The van der Waals surface area contributed by atoms with Crippen molar-refractivity contribution >= 4 is 5.91 Å². The van der Waals surface area contributed by atoms with Gasteiger partial charge in [-0.1, -0.05) is 23.8 Å². The van der Waals surface area contributed by atoms with Gasteiger partial charge in [0.1, 0.15) is 0 Å². The maximum atomic E-state index is 12.9. The van der Waals surface area contributed by atoms with Crippen LogP contribution in [0.15, 0.2) is 18.2 Å². The van der Waals surface area contributed by atoms with E-state index in [4.69, 9.17) is 4.74 Å². The Hall–Kier alpha value is -1.43. The van der Waals surface area contributed by atoms with Crippen LogP contribution in [-0.4, -0.2) is 72.4 Å². The van der Waals surface area contributed by atoms with Crippen molar-refractivity contribution in [2.24, 2.45) is 5.41 Å². The molecule has 29 heavy (non-hydrogen) atoms. The molecule has 3 aliphatic heterocycles. The molecule has 3 fully saturated rings. The number of carbonyl (C=O) groups is 1. The van der Waals surface area contributed by atoms with Crippen LogP contribution in [0.25, 0.3) is 0 Å². The van der Waals surface area contributed by atoms with Crippen LogP contribution in [0, 0.1) is 19.3 Å². The largest absolute Gasteiger partial charge is 0.392 e. The van der Waals surface area contributed by atoms with E-state index in [1.54, 1.807) is 0 Å². The topological polar surface area (TPSA) is 53.0 Å². The molecular formula is C24H36N2O3. The van der Waals surface area contributed by atoms with Gasteiger partial charge in [0.25, 0.3) is 0 Å². The number of benzene rings is 1. The molecule has 0 aromatic heterocycles. The van der Waals surface area contributed by atoms with Crippen molar-refractivity contribution < 1.29 is 14.6 Å². The number of rotatable bonds is 3. The fraction of sp³-hybridized carbons (Fsp3) is 0.708.